The van der Waals surface area contributed by atoms with Crippen LogP contribution >= 0.6 is 0 Å². The van der Waals surface area contributed by atoms with Crippen LogP contribution in [0.3, 0.4) is 0 Å². The van der Waals surface area contributed by atoms with Crippen molar-refractivity contribution in [3.8, 4) is 23.0 Å². The smallest absolute Gasteiger partial charge is 0.127 e. The standard InChI is InChI=1S/C74H56N2O2/c1-7-19-61(20-8-1)73(62-21-9-2-10-22-62)55-75(67-47-51-71(52-48-67)77-69-27-15-5-16-28-69)65-43-39-59(40-44-65)37-35-57-31-33-58(34-32-57)36-38-60-41-45-66(46-42-60)76(68-49-53-72(54-50-68)78-70-29-17-6-18-30-70)56-74(63-23-11-3-12-24-63)64-25-13-4-14-26-64/h1-56H. The molecule has 0 radical (unpaired) electrons. The summed E-state index contributed by atoms with van der Waals surface area (Å²) in [7, 11) is 0. The summed E-state index contributed by atoms with van der Waals surface area (Å²) in [4.78, 5) is 4.50. The average molecular weight is 1010 g/mol. The summed E-state index contributed by atoms with van der Waals surface area (Å²) < 4.78 is 12.3. The van der Waals surface area contributed by atoms with Gasteiger partial charge in [0.25, 0.3) is 0 Å². The Hall–Kier alpha value is -10.4. The fraction of sp³-hybridized carbons (Fsp3) is 0. The van der Waals surface area contributed by atoms with E-state index in [9.17, 15) is 0 Å². The zero-order chi connectivity index (χ0) is 52.6. The number of para-hydroxylation sites is 2. The molecule has 0 bridgehead atoms. The maximum absolute atomic E-state index is 6.17. The van der Waals surface area contributed by atoms with Crippen molar-refractivity contribution in [3.63, 3.8) is 0 Å². The van der Waals surface area contributed by atoms with Crippen molar-refractivity contribution < 1.29 is 9.47 Å². The molecule has 0 saturated heterocycles. The van der Waals surface area contributed by atoms with Crippen LogP contribution < -0.4 is 19.3 Å². The number of anilines is 4. The van der Waals surface area contributed by atoms with E-state index in [2.05, 4.69) is 265 Å². The van der Waals surface area contributed by atoms with E-state index in [0.717, 1.165) is 101 Å². The molecule has 0 fully saturated rings. The highest BCUT2D eigenvalue weighted by Crippen LogP contribution is 2.36. The Balaban J connectivity index is 0.806. The minimum Gasteiger partial charge on any atom is -0.457 e. The van der Waals surface area contributed by atoms with Gasteiger partial charge in [0.1, 0.15) is 23.0 Å². The van der Waals surface area contributed by atoms with Crippen molar-refractivity contribution in [3.05, 3.63) is 360 Å². The molecule has 0 spiro atoms. The zero-order valence-electron chi connectivity index (χ0n) is 43.0. The summed E-state index contributed by atoms with van der Waals surface area (Å²) in [5.74, 6) is 3.16. The monoisotopic (exact) mass is 1000 g/mol. The molecule has 0 saturated carbocycles. The molecule has 0 amide bonds. The highest BCUT2D eigenvalue weighted by Gasteiger charge is 2.15. The van der Waals surface area contributed by atoms with Crippen LogP contribution in [0.5, 0.6) is 23.0 Å². The minimum atomic E-state index is 0.776. The van der Waals surface area contributed by atoms with Crippen LogP contribution in [0.25, 0.3) is 35.5 Å². The quantitative estimate of drug-likeness (QED) is 0.0800. The third-order valence-corrected chi connectivity index (χ3v) is 13.3. The lowest BCUT2D eigenvalue weighted by atomic mass is 9.98. The van der Waals surface area contributed by atoms with E-state index in [0.29, 0.717) is 0 Å². The van der Waals surface area contributed by atoms with Gasteiger partial charge in [0, 0.05) is 46.3 Å². The van der Waals surface area contributed by atoms with E-state index < -0.39 is 0 Å². The molecule has 11 aromatic carbocycles. The zero-order valence-corrected chi connectivity index (χ0v) is 43.0. The van der Waals surface area contributed by atoms with Crippen LogP contribution in [0.15, 0.2) is 316 Å². The van der Waals surface area contributed by atoms with Crippen molar-refractivity contribution >= 4 is 58.2 Å². The van der Waals surface area contributed by atoms with E-state index >= 15 is 0 Å². The van der Waals surface area contributed by atoms with Gasteiger partial charge in [0.15, 0.2) is 0 Å². The third kappa shape index (κ3) is 12.9. The molecule has 0 aliphatic rings. The molecule has 374 valence electrons. The van der Waals surface area contributed by atoms with E-state index in [-0.39, 0.29) is 0 Å². The Bertz CT molecular complexity index is 3410. The second kappa shape index (κ2) is 24.7. The molecule has 0 aromatic heterocycles. The SMILES string of the molecule is C(=Cc1ccc(N(C=C(c2ccccc2)c2ccccc2)c2ccc(Oc3ccccc3)cc2)cc1)c1ccc(C=Cc2ccc(N(C=C(c3ccccc3)c3ccccc3)c3ccc(Oc4ccccc4)cc3)cc2)cc1. The number of hydrogen-bond acceptors (Lipinski definition) is 4. The summed E-state index contributed by atoms with van der Waals surface area (Å²) in [6.07, 6.45) is 13.1. The molecule has 0 aliphatic carbocycles. The molecule has 0 atom stereocenters. The van der Waals surface area contributed by atoms with E-state index in [1.54, 1.807) is 0 Å². The van der Waals surface area contributed by atoms with E-state index in [1.165, 1.54) is 0 Å². The Morgan fingerprint density at radius 1 is 0.218 bits per heavy atom. The maximum Gasteiger partial charge on any atom is 0.127 e. The van der Waals surface area contributed by atoms with Gasteiger partial charge in [0.2, 0.25) is 0 Å². The normalized spacial score (nSPS) is 11.0. The fourth-order valence-corrected chi connectivity index (χ4v) is 9.15. The van der Waals surface area contributed by atoms with Gasteiger partial charge >= 0.3 is 0 Å². The van der Waals surface area contributed by atoms with Crippen molar-refractivity contribution in [2.75, 3.05) is 9.80 Å². The molecule has 4 nitrogen and oxygen atoms in total. The van der Waals surface area contributed by atoms with Crippen LogP contribution in [-0.2, 0) is 0 Å². The van der Waals surface area contributed by atoms with Crippen molar-refractivity contribution in [2.45, 2.75) is 0 Å². The molecular formula is C74H56N2O2. The third-order valence-electron chi connectivity index (χ3n) is 13.3. The lowest BCUT2D eigenvalue weighted by Crippen LogP contribution is -2.10. The first-order valence-electron chi connectivity index (χ1n) is 26.2. The summed E-state index contributed by atoms with van der Waals surface area (Å²) in [6.45, 7) is 0. The highest BCUT2D eigenvalue weighted by atomic mass is 16.5. The second-order valence-corrected chi connectivity index (χ2v) is 18.6. The van der Waals surface area contributed by atoms with Crippen molar-refractivity contribution in [2.24, 2.45) is 0 Å². The average Bonchev–Trinajstić information content (AvgIpc) is 3.52. The molecule has 4 heteroatoms. The predicted molar refractivity (Wildman–Crippen MR) is 327 cm³/mol. The lowest BCUT2D eigenvalue weighted by Gasteiger charge is -2.24. The largest absolute Gasteiger partial charge is 0.457 e. The minimum absolute atomic E-state index is 0.776. The molecular weight excluding hydrogens is 949 g/mol. The Morgan fingerprint density at radius 3 is 0.679 bits per heavy atom. The Morgan fingerprint density at radius 2 is 0.423 bits per heavy atom. The molecule has 11 rings (SSSR count). The molecule has 0 aliphatic heterocycles. The lowest BCUT2D eigenvalue weighted by molar-refractivity contribution is 0.482. The van der Waals surface area contributed by atoms with Gasteiger partial charge in [0.05, 0.1) is 0 Å². The van der Waals surface area contributed by atoms with Crippen molar-refractivity contribution in [1.82, 2.24) is 0 Å². The van der Waals surface area contributed by atoms with Crippen LogP contribution in [0.4, 0.5) is 22.7 Å². The van der Waals surface area contributed by atoms with Gasteiger partial charge in [-0.05, 0) is 142 Å². The first-order valence-corrected chi connectivity index (χ1v) is 26.2. The second-order valence-electron chi connectivity index (χ2n) is 18.6. The number of hydrogen-bond donors (Lipinski definition) is 0. The molecule has 0 heterocycles. The number of ether oxygens (including phenoxy) is 2. The number of nitrogens with zero attached hydrogens (tertiary/aromatic N) is 2. The van der Waals surface area contributed by atoms with Gasteiger partial charge in [-0.15, -0.1) is 0 Å². The number of benzene rings is 11. The van der Waals surface area contributed by atoms with Gasteiger partial charge in [-0.1, -0.05) is 231 Å². The molecule has 78 heavy (non-hydrogen) atoms. The molecule has 0 unspecified atom stereocenters. The first-order chi connectivity index (χ1) is 38.6. The van der Waals surface area contributed by atoms with Crippen LogP contribution in [0, 0.1) is 0 Å². The highest BCUT2D eigenvalue weighted by molar-refractivity contribution is 5.86. The fourth-order valence-electron chi connectivity index (χ4n) is 9.15. The number of rotatable bonds is 18. The van der Waals surface area contributed by atoms with Crippen molar-refractivity contribution in [1.29, 1.82) is 0 Å². The maximum atomic E-state index is 6.17. The van der Waals surface area contributed by atoms with Gasteiger partial charge in [-0.3, -0.25) is 0 Å². The Labute approximate surface area is 458 Å². The van der Waals surface area contributed by atoms with E-state index in [4.69, 9.17) is 9.47 Å². The van der Waals surface area contributed by atoms with Gasteiger partial charge < -0.3 is 19.3 Å². The summed E-state index contributed by atoms with van der Waals surface area (Å²) in [6, 6.07) is 105. The summed E-state index contributed by atoms with van der Waals surface area (Å²) >= 11 is 0. The van der Waals surface area contributed by atoms with E-state index in [1.807, 2.05) is 84.9 Å². The summed E-state index contributed by atoms with van der Waals surface area (Å²) in [5.41, 5.74) is 15.3. The van der Waals surface area contributed by atoms with Gasteiger partial charge in [-0.2, -0.15) is 0 Å². The van der Waals surface area contributed by atoms with Gasteiger partial charge in [-0.25, -0.2) is 0 Å². The predicted octanol–water partition coefficient (Wildman–Crippen LogP) is 20.1. The molecule has 11 aromatic rings. The Kier molecular flexibility index (Phi) is 15.8. The van der Waals surface area contributed by atoms with Crippen LogP contribution in [0.2, 0.25) is 0 Å². The first kappa shape index (κ1) is 49.8. The van der Waals surface area contributed by atoms with Crippen LogP contribution in [-0.4, -0.2) is 0 Å². The molecule has 0 N–H and O–H groups in total. The topological polar surface area (TPSA) is 24.9 Å². The summed E-state index contributed by atoms with van der Waals surface area (Å²) in [5, 5.41) is 0. The van der Waals surface area contributed by atoms with Crippen LogP contribution in [0.1, 0.15) is 44.5 Å².